The van der Waals surface area contributed by atoms with E-state index < -0.39 is 10.0 Å². The molecule has 0 aliphatic carbocycles. The zero-order valence-electron chi connectivity index (χ0n) is 16.9. The number of hydrogen-bond donors (Lipinski definition) is 1. The molecule has 3 aromatic rings. The number of nitrogens with zero attached hydrogens (tertiary/aromatic N) is 3. The lowest BCUT2D eigenvalue weighted by Crippen LogP contribution is -2.50. The Hall–Kier alpha value is -2.65. The van der Waals surface area contributed by atoms with E-state index in [-0.39, 0.29) is 29.7 Å². The summed E-state index contributed by atoms with van der Waals surface area (Å²) in [4.78, 5) is 18.1. The fraction of sp³-hybridized carbons (Fsp3) is 0.400. The van der Waals surface area contributed by atoms with Gasteiger partial charge in [0.25, 0.3) is 5.91 Å². The highest BCUT2D eigenvalue weighted by Crippen LogP contribution is 2.26. The molecule has 3 heterocycles. The highest BCUT2D eigenvalue weighted by Gasteiger charge is 2.34. The molecule has 0 radical (unpaired) electrons. The van der Waals surface area contributed by atoms with E-state index in [0.717, 1.165) is 22.2 Å². The van der Waals surface area contributed by atoms with Crippen molar-refractivity contribution in [1.29, 1.82) is 0 Å². The number of carbonyl (C=O) groups excluding carboxylic acids is 1. The second-order valence-corrected chi connectivity index (χ2v) is 9.36. The normalized spacial score (nSPS) is 15.9. The van der Waals surface area contributed by atoms with E-state index in [1.54, 1.807) is 18.7 Å². The summed E-state index contributed by atoms with van der Waals surface area (Å²) in [5, 5.41) is 4.78. The van der Waals surface area contributed by atoms with Gasteiger partial charge in [-0.15, -0.1) is 0 Å². The SMILES string of the molecule is Cc1noc(C)c1S(=O)(=O)N1CCN(C(=O)c2ccc3[nH]c(C)c(C)c3c2)CC1. The molecule has 1 N–H and O–H groups in total. The van der Waals surface area contributed by atoms with Crippen LogP contribution in [-0.2, 0) is 10.0 Å². The third-order valence-corrected chi connectivity index (χ3v) is 7.79. The number of carbonyl (C=O) groups is 1. The molecule has 4 rings (SSSR count). The molecule has 1 aliphatic heterocycles. The highest BCUT2D eigenvalue weighted by atomic mass is 32.2. The van der Waals surface area contributed by atoms with Gasteiger partial charge in [-0.05, 0) is 51.5 Å². The third-order valence-electron chi connectivity index (χ3n) is 5.65. The van der Waals surface area contributed by atoms with E-state index in [4.69, 9.17) is 4.52 Å². The molecule has 1 aliphatic rings. The number of fused-ring (bicyclic) bond motifs is 1. The number of aryl methyl sites for hydroxylation is 4. The molecule has 1 aromatic carbocycles. The van der Waals surface area contributed by atoms with Gasteiger partial charge in [0, 0.05) is 48.3 Å². The first-order chi connectivity index (χ1) is 13.7. The van der Waals surface area contributed by atoms with Crippen LogP contribution in [0.15, 0.2) is 27.6 Å². The molecule has 0 unspecified atom stereocenters. The maximum absolute atomic E-state index is 13.0. The van der Waals surface area contributed by atoms with E-state index >= 15 is 0 Å². The molecular weight excluding hydrogens is 392 g/mol. The molecule has 29 heavy (non-hydrogen) atoms. The number of aromatic amines is 1. The van der Waals surface area contributed by atoms with Gasteiger partial charge >= 0.3 is 0 Å². The van der Waals surface area contributed by atoms with Crippen molar-refractivity contribution in [1.82, 2.24) is 19.3 Å². The van der Waals surface area contributed by atoms with Crippen LogP contribution in [0.1, 0.15) is 33.1 Å². The number of aromatic nitrogens is 2. The molecular formula is C20H24N4O4S. The van der Waals surface area contributed by atoms with Gasteiger partial charge in [0.2, 0.25) is 10.0 Å². The molecule has 154 valence electrons. The third kappa shape index (κ3) is 3.24. The van der Waals surface area contributed by atoms with Gasteiger partial charge in [0.1, 0.15) is 10.6 Å². The first kappa shape index (κ1) is 19.7. The summed E-state index contributed by atoms with van der Waals surface area (Å²) < 4.78 is 32.3. The largest absolute Gasteiger partial charge is 0.360 e. The number of rotatable bonds is 3. The van der Waals surface area contributed by atoms with E-state index in [2.05, 4.69) is 10.1 Å². The van der Waals surface area contributed by atoms with Crippen molar-refractivity contribution < 1.29 is 17.7 Å². The Labute approximate surface area is 169 Å². The second kappa shape index (κ2) is 7.00. The number of sulfonamides is 1. The summed E-state index contributed by atoms with van der Waals surface area (Å²) in [5.74, 6) is 0.200. The molecule has 1 fully saturated rings. The van der Waals surface area contributed by atoms with Crippen LogP contribution in [0.4, 0.5) is 0 Å². The first-order valence-electron chi connectivity index (χ1n) is 9.51. The van der Waals surface area contributed by atoms with Crippen molar-refractivity contribution in [3.8, 4) is 0 Å². The minimum absolute atomic E-state index is 0.0838. The van der Waals surface area contributed by atoms with E-state index in [1.807, 2.05) is 32.0 Å². The Kier molecular flexibility index (Phi) is 4.74. The van der Waals surface area contributed by atoms with Gasteiger partial charge < -0.3 is 14.4 Å². The van der Waals surface area contributed by atoms with E-state index in [1.165, 1.54) is 4.31 Å². The fourth-order valence-corrected chi connectivity index (χ4v) is 5.59. The van der Waals surface area contributed by atoms with Crippen LogP contribution in [0.5, 0.6) is 0 Å². The number of H-pyrrole nitrogens is 1. The van der Waals surface area contributed by atoms with Crippen molar-refractivity contribution in [2.24, 2.45) is 0 Å². The number of nitrogens with one attached hydrogen (secondary N) is 1. The molecule has 0 saturated carbocycles. The molecule has 1 saturated heterocycles. The maximum Gasteiger partial charge on any atom is 0.253 e. The highest BCUT2D eigenvalue weighted by molar-refractivity contribution is 7.89. The standard InChI is InChI=1S/C20H24N4O4S/c1-12-13(2)21-18-6-5-16(11-17(12)18)20(25)23-7-9-24(10-8-23)29(26,27)19-14(3)22-28-15(19)4/h5-6,11,21H,7-10H2,1-4H3. The maximum atomic E-state index is 13.0. The van der Waals surface area contributed by atoms with Crippen LogP contribution in [-0.4, -0.2) is 59.8 Å². The van der Waals surface area contributed by atoms with Gasteiger partial charge in [-0.2, -0.15) is 4.31 Å². The van der Waals surface area contributed by atoms with Gasteiger partial charge in [0.15, 0.2) is 5.76 Å². The van der Waals surface area contributed by atoms with Crippen LogP contribution < -0.4 is 0 Å². The van der Waals surface area contributed by atoms with Gasteiger partial charge in [-0.3, -0.25) is 4.79 Å². The molecule has 8 nitrogen and oxygen atoms in total. The Balaban J connectivity index is 1.51. The molecule has 2 aromatic heterocycles. The minimum atomic E-state index is -3.69. The zero-order chi connectivity index (χ0) is 20.9. The quantitative estimate of drug-likeness (QED) is 0.707. The summed E-state index contributed by atoms with van der Waals surface area (Å²) in [6, 6.07) is 5.64. The van der Waals surface area contributed by atoms with Crippen LogP contribution in [0.2, 0.25) is 0 Å². The Morgan fingerprint density at radius 1 is 1.10 bits per heavy atom. The smallest absolute Gasteiger partial charge is 0.253 e. The van der Waals surface area contributed by atoms with Gasteiger partial charge in [0.05, 0.1) is 0 Å². The lowest BCUT2D eigenvalue weighted by atomic mass is 10.1. The summed E-state index contributed by atoms with van der Waals surface area (Å²) >= 11 is 0. The number of piperazine rings is 1. The fourth-order valence-electron chi connectivity index (χ4n) is 3.88. The van der Waals surface area contributed by atoms with E-state index in [0.29, 0.717) is 24.3 Å². The first-order valence-corrected chi connectivity index (χ1v) is 11.0. The van der Waals surface area contributed by atoms with Crippen molar-refractivity contribution in [2.45, 2.75) is 32.6 Å². The second-order valence-electron chi connectivity index (χ2n) is 7.48. The molecule has 0 atom stereocenters. The van der Waals surface area contributed by atoms with Crippen LogP contribution in [0.25, 0.3) is 10.9 Å². The summed E-state index contributed by atoms with van der Waals surface area (Å²) in [7, 11) is -3.69. The van der Waals surface area contributed by atoms with Crippen LogP contribution in [0.3, 0.4) is 0 Å². The van der Waals surface area contributed by atoms with Crippen molar-refractivity contribution in [2.75, 3.05) is 26.2 Å². The lowest BCUT2D eigenvalue weighted by molar-refractivity contribution is 0.0698. The average molecular weight is 417 g/mol. The topological polar surface area (TPSA) is 99.5 Å². The Morgan fingerprint density at radius 3 is 2.41 bits per heavy atom. The van der Waals surface area contributed by atoms with Crippen molar-refractivity contribution in [3.63, 3.8) is 0 Å². The predicted octanol–water partition coefficient (Wildman–Crippen LogP) is 2.54. The average Bonchev–Trinajstić information content (AvgIpc) is 3.19. The van der Waals surface area contributed by atoms with Crippen LogP contribution >= 0.6 is 0 Å². The Morgan fingerprint density at radius 2 is 1.79 bits per heavy atom. The summed E-state index contributed by atoms with van der Waals surface area (Å²) in [5.41, 5.74) is 4.19. The van der Waals surface area contributed by atoms with Crippen molar-refractivity contribution >= 4 is 26.8 Å². The number of benzene rings is 1. The minimum Gasteiger partial charge on any atom is -0.360 e. The molecule has 9 heteroatoms. The lowest BCUT2D eigenvalue weighted by Gasteiger charge is -2.34. The summed E-state index contributed by atoms with van der Waals surface area (Å²) in [6.45, 7) is 8.40. The predicted molar refractivity (Wildman–Crippen MR) is 108 cm³/mol. The summed E-state index contributed by atoms with van der Waals surface area (Å²) in [6.07, 6.45) is 0. The molecule has 0 spiro atoms. The van der Waals surface area contributed by atoms with Crippen LogP contribution in [0, 0.1) is 27.7 Å². The van der Waals surface area contributed by atoms with Gasteiger partial charge in [-0.25, -0.2) is 8.42 Å². The number of hydrogen-bond acceptors (Lipinski definition) is 5. The van der Waals surface area contributed by atoms with Gasteiger partial charge in [-0.1, -0.05) is 5.16 Å². The monoisotopic (exact) mass is 416 g/mol. The number of amides is 1. The zero-order valence-corrected chi connectivity index (χ0v) is 17.8. The Bertz CT molecular complexity index is 1180. The molecule has 0 bridgehead atoms. The van der Waals surface area contributed by atoms with Crippen molar-refractivity contribution in [3.05, 3.63) is 46.5 Å². The van der Waals surface area contributed by atoms with E-state index in [9.17, 15) is 13.2 Å². The molecule has 1 amide bonds.